The topological polar surface area (TPSA) is 166 Å². The van der Waals surface area contributed by atoms with E-state index < -0.39 is 47.9 Å². The van der Waals surface area contributed by atoms with Crippen molar-refractivity contribution in [3.63, 3.8) is 0 Å². The Labute approximate surface area is 226 Å². The fraction of sp³-hybridized carbons (Fsp3) is 0.520. The minimum Gasteiger partial charge on any atom is -0.480 e. The number of nitrogens with two attached hydrogens (primary N) is 1. The van der Waals surface area contributed by atoms with Crippen LogP contribution in [0.3, 0.4) is 0 Å². The van der Waals surface area contributed by atoms with Gasteiger partial charge in [-0.3, -0.25) is 14.4 Å². The molecule has 1 aromatic carbocycles. The van der Waals surface area contributed by atoms with E-state index in [1.807, 2.05) is 44.4 Å². The highest BCUT2D eigenvalue weighted by molar-refractivity contribution is 7.98. The van der Waals surface area contributed by atoms with Gasteiger partial charge < -0.3 is 31.8 Å². The Bertz CT molecular complexity index is 1080. The zero-order valence-corrected chi connectivity index (χ0v) is 23.0. The number of carbonyl (C=O) groups excluding carboxylic acids is 3. The van der Waals surface area contributed by atoms with E-state index in [1.54, 1.807) is 18.0 Å². The summed E-state index contributed by atoms with van der Waals surface area (Å²) in [5.41, 5.74) is 7.71. The SMILES string of the molecule is CSCCC(N)C(=O)NC(Cc1c[nH]c2ccccc12)C(=O)NC(CS)C(=O)NC(CC(C)C)C(=O)O. The first-order valence-corrected chi connectivity index (χ1v) is 14.1. The molecule has 1 heterocycles. The number of carbonyl (C=O) groups is 4. The number of aromatic nitrogens is 1. The maximum atomic E-state index is 13.3. The van der Waals surface area contributed by atoms with Gasteiger partial charge >= 0.3 is 5.97 Å². The van der Waals surface area contributed by atoms with Crippen molar-refractivity contribution < 1.29 is 24.3 Å². The lowest BCUT2D eigenvalue weighted by Gasteiger charge is -2.25. The number of benzene rings is 1. The third kappa shape index (κ3) is 9.28. The first kappa shape index (κ1) is 30.5. The fourth-order valence-electron chi connectivity index (χ4n) is 3.82. The first-order valence-electron chi connectivity index (χ1n) is 12.1. The lowest BCUT2D eigenvalue weighted by molar-refractivity contribution is -0.142. The predicted octanol–water partition coefficient (Wildman–Crippen LogP) is 1.31. The van der Waals surface area contributed by atoms with Crippen molar-refractivity contribution >= 4 is 59.0 Å². The lowest BCUT2D eigenvalue weighted by Crippen LogP contribution is -2.58. The summed E-state index contributed by atoms with van der Waals surface area (Å²) in [6, 6.07) is 3.58. The van der Waals surface area contributed by atoms with Crippen LogP contribution in [0.1, 0.15) is 32.3 Å². The van der Waals surface area contributed by atoms with E-state index in [4.69, 9.17) is 5.73 Å². The molecule has 0 bridgehead atoms. The summed E-state index contributed by atoms with van der Waals surface area (Å²) in [6.07, 6.45) is 4.53. The van der Waals surface area contributed by atoms with E-state index in [0.29, 0.717) is 12.2 Å². The Hall–Kier alpha value is -2.70. The first-order chi connectivity index (χ1) is 17.6. The summed E-state index contributed by atoms with van der Waals surface area (Å²) >= 11 is 5.75. The smallest absolute Gasteiger partial charge is 0.326 e. The van der Waals surface area contributed by atoms with Crippen molar-refractivity contribution in [2.24, 2.45) is 11.7 Å². The molecule has 10 nitrogen and oxygen atoms in total. The number of thioether (sulfide) groups is 1. The summed E-state index contributed by atoms with van der Waals surface area (Å²) in [4.78, 5) is 53.7. The van der Waals surface area contributed by atoms with Crippen LogP contribution < -0.4 is 21.7 Å². The van der Waals surface area contributed by atoms with Crippen molar-refractivity contribution in [3.05, 3.63) is 36.0 Å². The summed E-state index contributed by atoms with van der Waals surface area (Å²) in [5.74, 6) is -2.22. The van der Waals surface area contributed by atoms with Crippen LogP contribution >= 0.6 is 24.4 Å². The van der Waals surface area contributed by atoms with Crippen molar-refractivity contribution in [2.45, 2.75) is 57.3 Å². The van der Waals surface area contributed by atoms with Gasteiger partial charge in [0.2, 0.25) is 17.7 Å². The van der Waals surface area contributed by atoms with Gasteiger partial charge in [-0.25, -0.2) is 4.79 Å². The van der Waals surface area contributed by atoms with E-state index in [2.05, 4.69) is 33.6 Å². The van der Waals surface area contributed by atoms with Crippen molar-refractivity contribution in [1.29, 1.82) is 0 Å². The number of para-hydroxylation sites is 1. The minimum absolute atomic E-state index is 0.0384. The highest BCUT2D eigenvalue weighted by atomic mass is 32.2. The number of nitrogens with one attached hydrogen (secondary N) is 4. The summed E-state index contributed by atoms with van der Waals surface area (Å²) < 4.78 is 0. The van der Waals surface area contributed by atoms with Gasteiger partial charge in [0.05, 0.1) is 6.04 Å². The van der Waals surface area contributed by atoms with E-state index >= 15 is 0 Å². The van der Waals surface area contributed by atoms with Gasteiger partial charge in [-0.05, 0) is 42.4 Å². The lowest BCUT2D eigenvalue weighted by atomic mass is 10.0. The molecule has 0 radical (unpaired) electrons. The molecule has 0 aliphatic heterocycles. The Morgan fingerprint density at radius 1 is 1.03 bits per heavy atom. The molecule has 4 unspecified atom stereocenters. The molecule has 2 rings (SSSR count). The molecule has 0 saturated carbocycles. The normalized spacial score (nSPS) is 14.5. The molecule has 0 aliphatic rings. The van der Waals surface area contributed by atoms with Crippen molar-refractivity contribution in [2.75, 3.05) is 17.8 Å². The zero-order valence-electron chi connectivity index (χ0n) is 21.3. The average Bonchev–Trinajstić information content (AvgIpc) is 3.27. The Morgan fingerprint density at radius 2 is 1.65 bits per heavy atom. The minimum atomic E-state index is -1.16. The average molecular weight is 552 g/mol. The summed E-state index contributed by atoms with van der Waals surface area (Å²) in [6.45, 7) is 3.70. The van der Waals surface area contributed by atoms with Crippen LogP contribution in [-0.2, 0) is 25.6 Å². The van der Waals surface area contributed by atoms with E-state index in [0.717, 1.165) is 16.5 Å². The highest BCUT2D eigenvalue weighted by Gasteiger charge is 2.30. The molecule has 0 saturated heterocycles. The van der Waals surface area contributed by atoms with E-state index in [9.17, 15) is 24.3 Å². The number of thiol groups is 1. The number of amides is 3. The predicted molar refractivity (Wildman–Crippen MR) is 150 cm³/mol. The highest BCUT2D eigenvalue weighted by Crippen LogP contribution is 2.19. The molecule has 0 spiro atoms. The molecular weight excluding hydrogens is 514 g/mol. The van der Waals surface area contributed by atoms with Crippen LogP contribution in [0.15, 0.2) is 30.5 Å². The number of rotatable bonds is 15. The molecule has 1 aromatic heterocycles. The summed E-state index contributed by atoms with van der Waals surface area (Å²) in [7, 11) is 0. The second-order valence-electron chi connectivity index (χ2n) is 9.29. The van der Waals surface area contributed by atoms with Gasteiger partial charge in [0.15, 0.2) is 0 Å². The number of fused-ring (bicyclic) bond motifs is 1. The third-order valence-corrected chi connectivity index (χ3v) is 6.85. The van der Waals surface area contributed by atoms with Crippen LogP contribution in [0, 0.1) is 5.92 Å². The number of hydrogen-bond donors (Lipinski definition) is 7. The van der Waals surface area contributed by atoms with Crippen LogP contribution in [0.25, 0.3) is 10.9 Å². The zero-order chi connectivity index (χ0) is 27.5. The van der Waals surface area contributed by atoms with E-state index in [-0.39, 0.29) is 24.5 Å². The van der Waals surface area contributed by atoms with Gasteiger partial charge in [-0.1, -0.05) is 32.0 Å². The van der Waals surface area contributed by atoms with Gasteiger partial charge in [0, 0.05) is 29.3 Å². The molecule has 0 fully saturated rings. The maximum absolute atomic E-state index is 13.3. The molecule has 7 N–H and O–H groups in total. The largest absolute Gasteiger partial charge is 0.480 e. The standard InChI is InChI=1S/C25H37N5O5S2/c1-14(2)10-20(25(34)35)29-24(33)21(13-36)30-23(32)19(28-22(31)17(26)8-9-37-3)11-15-12-27-18-7-5-4-6-16(15)18/h4-7,12,14,17,19-21,27,36H,8-11,13,26H2,1-3H3,(H,28,31)(H,29,33)(H,30,32)(H,34,35). The van der Waals surface area contributed by atoms with Crippen molar-refractivity contribution in [1.82, 2.24) is 20.9 Å². The number of carboxylic acids is 1. The van der Waals surface area contributed by atoms with Crippen LogP contribution in [0.5, 0.6) is 0 Å². The maximum Gasteiger partial charge on any atom is 0.326 e. The monoisotopic (exact) mass is 551 g/mol. The molecular formula is C25H37N5O5S2. The van der Waals surface area contributed by atoms with E-state index in [1.165, 1.54) is 0 Å². The Morgan fingerprint density at radius 3 is 2.27 bits per heavy atom. The van der Waals surface area contributed by atoms with Gasteiger partial charge in [-0.15, -0.1) is 0 Å². The van der Waals surface area contributed by atoms with Gasteiger partial charge in [0.1, 0.15) is 18.1 Å². The molecule has 3 amide bonds. The van der Waals surface area contributed by atoms with Crippen LogP contribution in [-0.4, -0.2) is 75.7 Å². The van der Waals surface area contributed by atoms with Crippen molar-refractivity contribution in [3.8, 4) is 0 Å². The number of carboxylic acid groups (broad SMARTS) is 1. The number of aliphatic carboxylic acids is 1. The second kappa shape index (κ2) is 14.9. The van der Waals surface area contributed by atoms with Crippen LogP contribution in [0.4, 0.5) is 0 Å². The van der Waals surface area contributed by atoms with Gasteiger partial charge in [-0.2, -0.15) is 24.4 Å². The number of hydrogen-bond acceptors (Lipinski definition) is 7. The Balaban J connectivity index is 2.21. The Kier molecular flexibility index (Phi) is 12.3. The molecule has 204 valence electrons. The molecule has 12 heteroatoms. The molecule has 2 aromatic rings. The third-order valence-electron chi connectivity index (χ3n) is 5.84. The van der Waals surface area contributed by atoms with Crippen LogP contribution in [0.2, 0.25) is 0 Å². The number of H-pyrrole nitrogens is 1. The number of aromatic amines is 1. The fourth-order valence-corrected chi connectivity index (χ4v) is 4.56. The molecule has 0 aliphatic carbocycles. The van der Waals surface area contributed by atoms with Gasteiger partial charge in [0.25, 0.3) is 0 Å². The molecule has 4 atom stereocenters. The quantitative estimate of drug-likeness (QED) is 0.164. The molecule has 37 heavy (non-hydrogen) atoms. The summed E-state index contributed by atoms with van der Waals surface area (Å²) in [5, 5.41) is 18.2. The second-order valence-corrected chi connectivity index (χ2v) is 10.6.